The van der Waals surface area contributed by atoms with Crippen LogP contribution in [0.5, 0.6) is 5.75 Å². The molecule has 0 saturated carbocycles. The van der Waals surface area contributed by atoms with Gasteiger partial charge in [0.1, 0.15) is 5.75 Å². The van der Waals surface area contributed by atoms with Gasteiger partial charge in [-0.15, -0.1) is 0 Å². The quantitative estimate of drug-likeness (QED) is 0.342. The van der Waals surface area contributed by atoms with Crippen molar-refractivity contribution in [2.75, 3.05) is 20.3 Å². The van der Waals surface area contributed by atoms with E-state index in [9.17, 15) is 13.2 Å². The molecular weight excluding hydrogens is 406 g/mol. The van der Waals surface area contributed by atoms with Crippen LogP contribution in [0.15, 0.2) is 17.0 Å². The molecule has 1 fully saturated rings. The summed E-state index contributed by atoms with van der Waals surface area (Å²) in [7, 11) is -2.09. The number of carbonyl (C=O) groups excluding carboxylic acids is 1. The van der Waals surface area contributed by atoms with Gasteiger partial charge >= 0.3 is 5.97 Å². The SMILES string of the molecule is COc1cc(C)c(S(=O)(=O)N2CCCC[C@H]2CCOOC(=O)CC(C)(C)C)c(C)c1. The predicted molar refractivity (Wildman–Crippen MR) is 115 cm³/mol. The highest BCUT2D eigenvalue weighted by Crippen LogP contribution is 2.32. The van der Waals surface area contributed by atoms with E-state index >= 15 is 0 Å². The maximum atomic E-state index is 13.5. The third kappa shape index (κ3) is 6.43. The van der Waals surface area contributed by atoms with Crippen LogP contribution in [-0.2, 0) is 24.6 Å². The van der Waals surface area contributed by atoms with Gasteiger partial charge in [-0.05, 0) is 61.8 Å². The van der Waals surface area contributed by atoms with Gasteiger partial charge in [0.15, 0.2) is 0 Å². The van der Waals surface area contributed by atoms with E-state index in [-0.39, 0.29) is 24.5 Å². The van der Waals surface area contributed by atoms with Crippen molar-refractivity contribution in [3.05, 3.63) is 23.3 Å². The van der Waals surface area contributed by atoms with E-state index in [0.29, 0.717) is 34.7 Å². The van der Waals surface area contributed by atoms with Crippen molar-refractivity contribution in [2.45, 2.75) is 77.7 Å². The zero-order chi connectivity index (χ0) is 22.5. The number of hydrogen-bond donors (Lipinski definition) is 0. The van der Waals surface area contributed by atoms with Crippen LogP contribution in [0.4, 0.5) is 0 Å². The Kier molecular flexibility index (Phi) is 8.30. The Morgan fingerprint density at radius 3 is 2.37 bits per heavy atom. The molecule has 1 atom stereocenters. The average Bonchev–Trinajstić information content (AvgIpc) is 2.63. The van der Waals surface area contributed by atoms with Crippen molar-refractivity contribution >= 4 is 16.0 Å². The molecule has 1 saturated heterocycles. The van der Waals surface area contributed by atoms with Gasteiger partial charge in [-0.25, -0.2) is 13.2 Å². The summed E-state index contributed by atoms with van der Waals surface area (Å²) >= 11 is 0. The molecule has 0 radical (unpaired) electrons. The molecule has 8 heteroatoms. The van der Waals surface area contributed by atoms with Crippen molar-refractivity contribution in [1.82, 2.24) is 4.31 Å². The van der Waals surface area contributed by atoms with Gasteiger partial charge in [0, 0.05) is 12.6 Å². The highest BCUT2D eigenvalue weighted by Gasteiger charge is 2.35. The van der Waals surface area contributed by atoms with Gasteiger partial charge in [0.05, 0.1) is 25.0 Å². The van der Waals surface area contributed by atoms with Crippen LogP contribution >= 0.6 is 0 Å². The molecule has 0 aliphatic carbocycles. The molecule has 1 aliphatic rings. The Balaban J connectivity index is 2.07. The van der Waals surface area contributed by atoms with Gasteiger partial charge in [-0.3, -0.25) is 4.89 Å². The van der Waals surface area contributed by atoms with Crippen molar-refractivity contribution in [2.24, 2.45) is 5.41 Å². The maximum Gasteiger partial charge on any atom is 0.342 e. The zero-order valence-corrected chi connectivity index (χ0v) is 19.8. The predicted octanol–water partition coefficient (Wildman–Crippen LogP) is 4.16. The number of aryl methyl sites for hydroxylation is 2. The summed E-state index contributed by atoms with van der Waals surface area (Å²) in [5.74, 6) is 0.227. The number of rotatable bonds is 8. The summed E-state index contributed by atoms with van der Waals surface area (Å²) in [6.45, 7) is 10.1. The lowest BCUT2D eigenvalue weighted by Gasteiger charge is -2.35. The molecule has 0 amide bonds. The second-order valence-corrected chi connectivity index (χ2v) is 11.0. The number of hydrogen-bond acceptors (Lipinski definition) is 6. The van der Waals surface area contributed by atoms with E-state index in [1.165, 1.54) is 0 Å². The third-order valence-electron chi connectivity index (χ3n) is 5.17. The average molecular weight is 442 g/mol. The molecule has 1 aliphatic heterocycles. The number of carbonyl (C=O) groups is 1. The second-order valence-electron chi connectivity index (χ2n) is 9.16. The third-order valence-corrected chi connectivity index (χ3v) is 7.43. The minimum absolute atomic E-state index is 0.160. The number of benzene rings is 1. The summed E-state index contributed by atoms with van der Waals surface area (Å²) < 4.78 is 33.8. The van der Waals surface area contributed by atoms with Gasteiger partial charge in [0.25, 0.3) is 0 Å². The largest absolute Gasteiger partial charge is 0.497 e. The Hall–Kier alpha value is -1.64. The molecule has 0 unspecified atom stereocenters. The van der Waals surface area contributed by atoms with E-state index in [4.69, 9.17) is 14.5 Å². The van der Waals surface area contributed by atoms with Gasteiger partial charge in [-0.1, -0.05) is 27.2 Å². The standard InChI is InChI=1S/C22H35NO6S/c1-16-13-19(27-6)14-17(2)21(16)30(25,26)23-11-8-7-9-18(23)10-12-28-29-20(24)15-22(3,4)5/h13-14,18H,7-12,15H2,1-6H3/t18-/m0/s1. The van der Waals surface area contributed by atoms with Crippen LogP contribution < -0.4 is 4.74 Å². The fourth-order valence-electron chi connectivity index (χ4n) is 3.89. The molecule has 1 heterocycles. The monoisotopic (exact) mass is 441 g/mol. The van der Waals surface area contributed by atoms with Crippen LogP contribution in [0.25, 0.3) is 0 Å². The van der Waals surface area contributed by atoms with Crippen LogP contribution in [0.2, 0.25) is 0 Å². The van der Waals surface area contributed by atoms with Crippen molar-refractivity contribution in [1.29, 1.82) is 0 Å². The molecule has 0 aromatic heterocycles. The van der Waals surface area contributed by atoms with Crippen molar-refractivity contribution < 1.29 is 27.7 Å². The van der Waals surface area contributed by atoms with Crippen LogP contribution in [0.1, 0.15) is 64.0 Å². The smallest absolute Gasteiger partial charge is 0.342 e. The fourth-order valence-corrected chi connectivity index (χ4v) is 6.02. The van der Waals surface area contributed by atoms with Crippen LogP contribution in [-0.4, -0.2) is 45.0 Å². The first-order valence-corrected chi connectivity index (χ1v) is 11.9. The number of ether oxygens (including phenoxy) is 1. The van der Waals surface area contributed by atoms with Crippen LogP contribution in [0.3, 0.4) is 0 Å². The van der Waals surface area contributed by atoms with E-state index in [1.807, 2.05) is 20.8 Å². The highest BCUT2D eigenvalue weighted by molar-refractivity contribution is 7.89. The molecule has 170 valence electrons. The molecular formula is C22H35NO6S. The van der Waals surface area contributed by atoms with E-state index in [0.717, 1.165) is 19.3 Å². The molecule has 0 bridgehead atoms. The molecule has 2 rings (SSSR count). The van der Waals surface area contributed by atoms with Gasteiger partial charge in [0.2, 0.25) is 10.0 Å². The zero-order valence-electron chi connectivity index (χ0n) is 19.0. The summed E-state index contributed by atoms with van der Waals surface area (Å²) in [6, 6.07) is 3.30. The molecule has 0 N–H and O–H groups in total. The van der Waals surface area contributed by atoms with Crippen molar-refractivity contribution in [3.8, 4) is 5.75 Å². The number of sulfonamides is 1. The molecule has 1 aromatic rings. The summed E-state index contributed by atoms with van der Waals surface area (Å²) in [5, 5.41) is 0. The lowest BCUT2D eigenvalue weighted by molar-refractivity contribution is -0.275. The van der Waals surface area contributed by atoms with Gasteiger partial charge < -0.3 is 4.74 Å². The lowest BCUT2D eigenvalue weighted by atomic mass is 9.93. The highest BCUT2D eigenvalue weighted by atomic mass is 32.2. The van der Waals surface area contributed by atoms with Crippen molar-refractivity contribution in [3.63, 3.8) is 0 Å². The molecule has 1 aromatic carbocycles. The normalized spacial score (nSPS) is 18.3. The summed E-state index contributed by atoms with van der Waals surface area (Å²) in [4.78, 5) is 22.1. The molecule has 0 spiro atoms. The first-order valence-electron chi connectivity index (χ1n) is 10.4. The lowest BCUT2D eigenvalue weighted by Crippen LogP contribution is -2.44. The van der Waals surface area contributed by atoms with E-state index in [2.05, 4.69) is 0 Å². The maximum absolute atomic E-state index is 13.5. The first kappa shape index (κ1) is 24.6. The second kappa shape index (κ2) is 10.1. The Labute approximate surface area is 180 Å². The topological polar surface area (TPSA) is 82.1 Å². The number of nitrogens with zero attached hydrogens (tertiary/aromatic N) is 1. The summed E-state index contributed by atoms with van der Waals surface area (Å²) in [5.41, 5.74) is 1.16. The number of methoxy groups -OCH3 is 1. The Morgan fingerprint density at radius 1 is 1.17 bits per heavy atom. The van der Waals surface area contributed by atoms with Gasteiger partial charge in [-0.2, -0.15) is 9.19 Å². The number of piperidine rings is 1. The molecule has 7 nitrogen and oxygen atoms in total. The Morgan fingerprint density at radius 2 is 1.80 bits per heavy atom. The fraction of sp³-hybridized carbons (Fsp3) is 0.682. The minimum atomic E-state index is -3.66. The van der Waals surface area contributed by atoms with Crippen LogP contribution in [0, 0.1) is 19.3 Å². The molecule has 30 heavy (non-hydrogen) atoms. The summed E-state index contributed by atoms with van der Waals surface area (Å²) in [6.07, 6.45) is 3.27. The minimum Gasteiger partial charge on any atom is -0.497 e. The first-order chi connectivity index (χ1) is 14.0. The van der Waals surface area contributed by atoms with E-state index < -0.39 is 16.0 Å². The van der Waals surface area contributed by atoms with E-state index in [1.54, 1.807) is 37.4 Å². The Bertz CT molecular complexity index is 821.